The van der Waals surface area contributed by atoms with Gasteiger partial charge in [-0.25, -0.2) is 0 Å². The normalized spacial score (nSPS) is 20.9. The Morgan fingerprint density at radius 2 is 2.21 bits per heavy atom. The van der Waals surface area contributed by atoms with Crippen LogP contribution >= 0.6 is 23.1 Å². The van der Waals surface area contributed by atoms with Gasteiger partial charge in [-0.1, -0.05) is 6.07 Å². The number of rotatable bonds is 3. The quantitative estimate of drug-likeness (QED) is 0.850. The van der Waals surface area contributed by atoms with E-state index in [1.54, 1.807) is 0 Å². The zero-order chi connectivity index (χ0) is 9.80. The van der Waals surface area contributed by atoms with Crippen molar-refractivity contribution in [3.05, 3.63) is 22.4 Å². The Kier molecular flexibility index (Phi) is 3.90. The van der Waals surface area contributed by atoms with Gasteiger partial charge in [0.2, 0.25) is 0 Å². The first-order valence-corrected chi connectivity index (χ1v) is 7.27. The first kappa shape index (κ1) is 10.5. The fraction of sp³-hybridized carbons (Fsp3) is 0.636. The second-order valence-electron chi connectivity index (χ2n) is 3.79. The van der Waals surface area contributed by atoms with E-state index < -0.39 is 0 Å². The maximum Gasteiger partial charge on any atom is 0.0388 e. The van der Waals surface area contributed by atoms with E-state index in [9.17, 15) is 0 Å². The Labute approximate surface area is 94.3 Å². The van der Waals surface area contributed by atoms with Gasteiger partial charge in [-0.3, -0.25) is 0 Å². The predicted molar refractivity (Wildman–Crippen MR) is 66.2 cm³/mol. The molecule has 1 N–H and O–H groups in total. The summed E-state index contributed by atoms with van der Waals surface area (Å²) >= 11 is 3.94. The maximum atomic E-state index is 3.72. The van der Waals surface area contributed by atoms with Gasteiger partial charge in [0.05, 0.1) is 0 Å². The highest BCUT2D eigenvalue weighted by atomic mass is 32.2. The highest BCUT2D eigenvalue weighted by molar-refractivity contribution is 7.99. The third kappa shape index (κ3) is 2.75. The van der Waals surface area contributed by atoms with Crippen LogP contribution in [0.25, 0.3) is 0 Å². The molecule has 0 unspecified atom stereocenters. The SMILES string of the molecule is C[C@@H](NC1CCSCC1)c1cccs1. The van der Waals surface area contributed by atoms with Crippen molar-refractivity contribution in [2.45, 2.75) is 31.8 Å². The number of hydrogen-bond acceptors (Lipinski definition) is 3. The van der Waals surface area contributed by atoms with Crippen LogP contribution in [0.5, 0.6) is 0 Å². The van der Waals surface area contributed by atoms with Gasteiger partial charge in [0.1, 0.15) is 0 Å². The van der Waals surface area contributed by atoms with Crippen molar-refractivity contribution >= 4 is 23.1 Å². The Bertz CT molecular complexity index is 252. The van der Waals surface area contributed by atoms with E-state index in [2.05, 4.69) is 41.5 Å². The minimum atomic E-state index is 0.531. The highest BCUT2D eigenvalue weighted by Gasteiger charge is 2.16. The van der Waals surface area contributed by atoms with E-state index in [0.29, 0.717) is 6.04 Å². The van der Waals surface area contributed by atoms with Crippen molar-refractivity contribution < 1.29 is 0 Å². The predicted octanol–water partition coefficient (Wildman–Crippen LogP) is 3.29. The number of nitrogens with one attached hydrogen (secondary N) is 1. The van der Waals surface area contributed by atoms with Gasteiger partial charge in [-0.2, -0.15) is 11.8 Å². The Morgan fingerprint density at radius 3 is 2.86 bits per heavy atom. The van der Waals surface area contributed by atoms with Crippen LogP contribution in [-0.4, -0.2) is 17.5 Å². The molecule has 1 aromatic heterocycles. The summed E-state index contributed by atoms with van der Waals surface area (Å²) in [6.45, 7) is 2.27. The average molecular weight is 227 g/mol. The van der Waals surface area contributed by atoms with Crippen LogP contribution in [0, 0.1) is 0 Å². The fourth-order valence-corrected chi connectivity index (χ4v) is 3.69. The van der Waals surface area contributed by atoms with Gasteiger partial charge in [-0.15, -0.1) is 11.3 Å². The smallest absolute Gasteiger partial charge is 0.0388 e. The molecule has 1 fully saturated rings. The lowest BCUT2D eigenvalue weighted by Gasteiger charge is -2.25. The van der Waals surface area contributed by atoms with E-state index >= 15 is 0 Å². The second kappa shape index (κ2) is 5.19. The molecule has 1 atom stereocenters. The van der Waals surface area contributed by atoms with E-state index in [1.165, 1.54) is 29.2 Å². The summed E-state index contributed by atoms with van der Waals surface area (Å²) in [5, 5.41) is 5.88. The van der Waals surface area contributed by atoms with E-state index in [0.717, 1.165) is 6.04 Å². The molecule has 2 heterocycles. The minimum absolute atomic E-state index is 0.531. The third-order valence-electron chi connectivity index (χ3n) is 2.68. The Balaban J connectivity index is 1.84. The van der Waals surface area contributed by atoms with Crippen LogP contribution in [0.1, 0.15) is 30.7 Å². The summed E-state index contributed by atoms with van der Waals surface area (Å²) in [6, 6.07) is 5.63. The van der Waals surface area contributed by atoms with E-state index in [-0.39, 0.29) is 0 Å². The third-order valence-corrected chi connectivity index (χ3v) is 4.78. The van der Waals surface area contributed by atoms with Gasteiger partial charge in [0.15, 0.2) is 0 Å². The highest BCUT2D eigenvalue weighted by Crippen LogP contribution is 2.23. The van der Waals surface area contributed by atoms with Crippen molar-refractivity contribution in [3.63, 3.8) is 0 Å². The monoisotopic (exact) mass is 227 g/mol. The van der Waals surface area contributed by atoms with Crippen molar-refractivity contribution in [2.24, 2.45) is 0 Å². The van der Waals surface area contributed by atoms with Gasteiger partial charge < -0.3 is 5.32 Å². The largest absolute Gasteiger partial charge is 0.307 e. The summed E-state index contributed by atoms with van der Waals surface area (Å²) in [6.07, 6.45) is 2.67. The lowest BCUT2D eigenvalue weighted by molar-refractivity contribution is 0.434. The molecule has 1 aromatic rings. The molecule has 78 valence electrons. The van der Waals surface area contributed by atoms with E-state index in [4.69, 9.17) is 0 Å². The molecule has 0 bridgehead atoms. The summed E-state index contributed by atoms with van der Waals surface area (Å²) in [4.78, 5) is 1.46. The van der Waals surface area contributed by atoms with Crippen molar-refractivity contribution in [2.75, 3.05) is 11.5 Å². The lowest BCUT2D eigenvalue weighted by Crippen LogP contribution is -2.34. The molecule has 0 radical (unpaired) electrons. The molecule has 0 amide bonds. The van der Waals surface area contributed by atoms with Crippen LogP contribution in [-0.2, 0) is 0 Å². The molecular formula is C11H17NS2. The molecule has 0 spiro atoms. The molecule has 1 aliphatic rings. The summed E-state index contributed by atoms with van der Waals surface area (Å²) < 4.78 is 0. The van der Waals surface area contributed by atoms with Crippen LogP contribution in [0.15, 0.2) is 17.5 Å². The van der Waals surface area contributed by atoms with Crippen LogP contribution in [0.4, 0.5) is 0 Å². The van der Waals surface area contributed by atoms with Crippen LogP contribution in [0.2, 0.25) is 0 Å². The molecule has 3 heteroatoms. The van der Waals surface area contributed by atoms with Gasteiger partial charge in [0.25, 0.3) is 0 Å². The maximum absolute atomic E-state index is 3.72. The first-order chi connectivity index (χ1) is 6.86. The standard InChI is InChI=1S/C11H17NS2/c1-9(11-3-2-6-14-11)12-10-4-7-13-8-5-10/h2-3,6,9-10,12H,4-5,7-8H2,1H3/t9-/m1/s1. The minimum Gasteiger partial charge on any atom is -0.307 e. The number of thiophene rings is 1. The Hall–Kier alpha value is 0.01000. The van der Waals surface area contributed by atoms with Crippen molar-refractivity contribution in [1.29, 1.82) is 0 Å². The van der Waals surface area contributed by atoms with Crippen molar-refractivity contribution in [3.8, 4) is 0 Å². The molecule has 1 saturated heterocycles. The number of hydrogen-bond donors (Lipinski definition) is 1. The van der Waals surface area contributed by atoms with Gasteiger partial charge in [-0.05, 0) is 42.7 Å². The zero-order valence-electron chi connectivity index (χ0n) is 8.53. The fourth-order valence-electron chi connectivity index (χ4n) is 1.84. The van der Waals surface area contributed by atoms with Gasteiger partial charge in [0, 0.05) is 17.0 Å². The molecule has 1 aliphatic heterocycles. The molecule has 0 aliphatic carbocycles. The topological polar surface area (TPSA) is 12.0 Å². The average Bonchev–Trinajstić information content (AvgIpc) is 2.72. The summed E-state index contributed by atoms with van der Waals surface area (Å²) in [5.41, 5.74) is 0. The lowest BCUT2D eigenvalue weighted by atomic mass is 10.1. The number of thioether (sulfide) groups is 1. The second-order valence-corrected chi connectivity index (χ2v) is 5.99. The molecule has 0 saturated carbocycles. The summed E-state index contributed by atoms with van der Waals surface area (Å²) in [5.74, 6) is 2.66. The molecule has 14 heavy (non-hydrogen) atoms. The van der Waals surface area contributed by atoms with Gasteiger partial charge >= 0.3 is 0 Å². The van der Waals surface area contributed by atoms with Crippen LogP contribution in [0.3, 0.4) is 0 Å². The Morgan fingerprint density at radius 1 is 1.43 bits per heavy atom. The zero-order valence-corrected chi connectivity index (χ0v) is 10.2. The van der Waals surface area contributed by atoms with Crippen molar-refractivity contribution in [1.82, 2.24) is 5.32 Å². The van der Waals surface area contributed by atoms with Crippen LogP contribution < -0.4 is 5.32 Å². The molecular weight excluding hydrogens is 210 g/mol. The van der Waals surface area contributed by atoms with E-state index in [1.807, 2.05) is 11.3 Å². The molecule has 1 nitrogen and oxygen atoms in total. The summed E-state index contributed by atoms with van der Waals surface area (Å²) in [7, 11) is 0. The molecule has 0 aromatic carbocycles. The molecule has 2 rings (SSSR count). The first-order valence-electron chi connectivity index (χ1n) is 5.23.